The molecule has 2 aromatic carbocycles. The summed E-state index contributed by atoms with van der Waals surface area (Å²) in [6.45, 7) is 2.44. The normalized spacial score (nSPS) is 15.1. The van der Waals surface area contributed by atoms with E-state index in [0.717, 1.165) is 11.3 Å². The Kier molecular flexibility index (Phi) is 7.05. The van der Waals surface area contributed by atoms with E-state index in [1.54, 1.807) is 17.0 Å². The van der Waals surface area contributed by atoms with E-state index in [2.05, 4.69) is 10.2 Å². The topological polar surface area (TPSA) is 72.9 Å². The quantitative estimate of drug-likeness (QED) is 0.750. The summed E-state index contributed by atoms with van der Waals surface area (Å²) in [5.41, 5.74) is 2.00. The molecule has 1 unspecified atom stereocenters. The lowest BCUT2D eigenvalue weighted by atomic mass is 10.0. The largest absolute Gasteiger partial charge is 0.481 e. The molecule has 6 nitrogen and oxygen atoms in total. The number of nitrogens with one attached hydrogen (secondary N) is 1. The third kappa shape index (κ3) is 6.20. The number of carboxylic acids is 1. The fourth-order valence-corrected chi connectivity index (χ4v) is 3.51. The van der Waals surface area contributed by atoms with Gasteiger partial charge in [0.25, 0.3) is 0 Å². The Morgan fingerprint density at radius 2 is 1.66 bits per heavy atom. The molecule has 1 atom stereocenters. The molecule has 0 radical (unpaired) electrons. The molecule has 3 rings (SSSR count). The Morgan fingerprint density at radius 3 is 2.28 bits per heavy atom. The molecule has 2 N–H and O–H groups in total. The molecule has 7 heteroatoms. The van der Waals surface area contributed by atoms with E-state index in [1.165, 1.54) is 12.1 Å². The zero-order valence-corrected chi connectivity index (χ0v) is 16.3. The maximum Gasteiger partial charge on any atom is 0.317 e. The third-order valence-electron chi connectivity index (χ3n) is 5.12. The minimum atomic E-state index is -0.870. The highest BCUT2D eigenvalue weighted by Crippen LogP contribution is 2.17. The standard InChI is InChI=1S/C22H26FN3O3/c23-18-6-9-20(10-7-18)25-12-14-26(15-13-25)22(29)24-19(8-11-21(27)28)16-17-4-2-1-3-5-17/h1-7,9-10,19H,8,11-16H2,(H,24,29)(H,27,28). The van der Waals surface area contributed by atoms with E-state index in [-0.39, 0.29) is 24.3 Å². The maximum atomic E-state index is 13.1. The molecule has 2 amide bonds. The molecule has 1 aliphatic heterocycles. The predicted octanol–water partition coefficient (Wildman–Crippen LogP) is 3.13. The summed E-state index contributed by atoms with van der Waals surface area (Å²) in [4.78, 5) is 27.6. The van der Waals surface area contributed by atoms with Crippen LogP contribution >= 0.6 is 0 Å². The first-order valence-corrected chi connectivity index (χ1v) is 9.83. The zero-order valence-electron chi connectivity index (χ0n) is 16.3. The Hall–Kier alpha value is -3.09. The Morgan fingerprint density at radius 1 is 1.00 bits per heavy atom. The number of carboxylic acid groups (broad SMARTS) is 1. The fraction of sp³-hybridized carbons (Fsp3) is 0.364. The average Bonchev–Trinajstić information content (AvgIpc) is 2.73. The van der Waals surface area contributed by atoms with Gasteiger partial charge in [0.15, 0.2) is 0 Å². The minimum absolute atomic E-state index is 0.0100. The Labute approximate surface area is 169 Å². The summed E-state index contributed by atoms with van der Waals surface area (Å²) in [5.74, 6) is -1.14. The van der Waals surface area contributed by atoms with Crippen LogP contribution in [0.4, 0.5) is 14.9 Å². The van der Waals surface area contributed by atoms with E-state index in [9.17, 15) is 14.0 Å². The van der Waals surface area contributed by atoms with E-state index in [0.29, 0.717) is 39.0 Å². The van der Waals surface area contributed by atoms with Gasteiger partial charge in [-0.1, -0.05) is 30.3 Å². The lowest BCUT2D eigenvalue weighted by Crippen LogP contribution is -2.53. The number of rotatable bonds is 7. The van der Waals surface area contributed by atoms with Crippen LogP contribution < -0.4 is 10.2 Å². The number of hydrogen-bond acceptors (Lipinski definition) is 3. The van der Waals surface area contributed by atoms with Gasteiger partial charge in [0.2, 0.25) is 0 Å². The number of aliphatic carboxylic acids is 1. The number of benzene rings is 2. The van der Waals surface area contributed by atoms with Gasteiger partial charge in [0.1, 0.15) is 5.82 Å². The number of urea groups is 1. The fourth-order valence-electron chi connectivity index (χ4n) is 3.51. The van der Waals surface area contributed by atoms with Crippen LogP contribution in [0, 0.1) is 5.82 Å². The number of piperazine rings is 1. The van der Waals surface area contributed by atoms with Gasteiger partial charge in [-0.2, -0.15) is 0 Å². The van der Waals surface area contributed by atoms with Crippen molar-refractivity contribution in [3.63, 3.8) is 0 Å². The smallest absolute Gasteiger partial charge is 0.317 e. The van der Waals surface area contributed by atoms with Crippen molar-refractivity contribution < 1.29 is 19.1 Å². The molecular weight excluding hydrogens is 373 g/mol. The monoisotopic (exact) mass is 399 g/mol. The van der Waals surface area contributed by atoms with E-state index in [1.807, 2.05) is 30.3 Å². The summed E-state index contributed by atoms with van der Waals surface area (Å²) in [7, 11) is 0. The summed E-state index contributed by atoms with van der Waals surface area (Å²) in [5, 5.41) is 12.0. The SMILES string of the molecule is O=C(O)CCC(Cc1ccccc1)NC(=O)N1CCN(c2ccc(F)cc2)CC1. The molecule has 1 aliphatic rings. The predicted molar refractivity (Wildman–Crippen MR) is 110 cm³/mol. The molecule has 1 heterocycles. The summed E-state index contributed by atoms with van der Waals surface area (Å²) in [6.07, 6.45) is 0.983. The molecule has 1 fully saturated rings. The van der Waals surface area contributed by atoms with Crippen LogP contribution in [0.15, 0.2) is 54.6 Å². The number of halogens is 1. The number of carbonyl (C=O) groups is 2. The summed E-state index contributed by atoms with van der Waals surface area (Å²) in [6, 6.07) is 15.7. The molecule has 1 saturated heterocycles. The van der Waals surface area contributed by atoms with Crippen LogP contribution in [0.3, 0.4) is 0 Å². The van der Waals surface area contributed by atoms with Crippen molar-refractivity contribution in [1.82, 2.24) is 10.2 Å². The summed E-state index contributed by atoms with van der Waals surface area (Å²) >= 11 is 0. The van der Waals surface area contributed by atoms with Crippen molar-refractivity contribution in [3.8, 4) is 0 Å². The molecule has 0 bridgehead atoms. The Bertz CT molecular complexity index is 806. The van der Waals surface area contributed by atoms with Crippen molar-refractivity contribution >= 4 is 17.7 Å². The first-order chi connectivity index (χ1) is 14.0. The lowest BCUT2D eigenvalue weighted by Gasteiger charge is -2.36. The van der Waals surface area contributed by atoms with Crippen LogP contribution in [0.5, 0.6) is 0 Å². The van der Waals surface area contributed by atoms with Crippen LogP contribution in [0.25, 0.3) is 0 Å². The minimum Gasteiger partial charge on any atom is -0.481 e. The molecular formula is C22H26FN3O3. The average molecular weight is 399 g/mol. The second kappa shape index (κ2) is 9.91. The van der Waals surface area contributed by atoms with Crippen molar-refractivity contribution in [2.75, 3.05) is 31.1 Å². The number of hydrogen-bond donors (Lipinski definition) is 2. The third-order valence-corrected chi connectivity index (χ3v) is 5.12. The second-order valence-electron chi connectivity index (χ2n) is 7.22. The first-order valence-electron chi connectivity index (χ1n) is 9.83. The molecule has 154 valence electrons. The van der Waals surface area contributed by atoms with Gasteiger partial charge in [-0.3, -0.25) is 4.79 Å². The van der Waals surface area contributed by atoms with E-state index >= 15 is 0 Å². The number of anilines is 1. The number of amides is 2. The van der Waals surface area contributed by atoms with Gasteiger partial charge in [0.05, 0.1) is 0 Å². The van der Waals surface area contributed by atoms with Crippen molar-refractivity contribution in [1.29, 1.82) is 0 Å². The maximum absolute atomic E-state index is 13.1. The first kappa shape index (κ1) is 20.6. The van der Waals surface area contributed by atoms with Gasteiger partial charge in [-0.15, -0.1) is 0 Å². The van der Waals surface area contributed by atoms with Crippen LogP contribution in [-0.2, 0) is 11.2 Å². The van der Waals surface area contributed by atoms with Crippen LogP contribution in [0.1, 0.15) is 18.4 Å². The van der Waals surface area contributed by atoms with Crippen LogP contribution in [0.2, 0.25) is 0 Å². The molecule has 29 heavy (non-hydrogen) atoms. The highest BCUT2D eigenvalue weighted by Gasteiger charge is 2.23. The van der Waals surface area contributed by atoms with Gasteiger partial charge < -0.3 is 20.2 Å². The number of carbonyl (C=O) groups excluding carboxylic acids is 1. The summed E-state index contributed by atoms with van der Waals surface area (Å²) < 4.78 is 13.1. The second-order valence-corrected chi connectivity index (χ2v) is 7.22. The zero-order chi connectivity index (χ0) is 20.6. The van der Waals surface area contributed by atoms with E-state index < -0.39 is 5.97 Å². The number of nitrogens with zero attached hydrogens (tertiary/aromatic N) is 2. The highest BCUT2D eigenvalue weighted by molar-refractivity contribution is 5.75. The molecule has 0 aliphatic carbocycles. The van der Waals surface area contributed by atoms with Gasteiger partial charge >= 0.3 is 12.0 Å². The van der Waals surface area contributed by atoms with Crippen molar-refractivity contribution in [2.45, 2.75) is 25.3 Å². The van der Waals surface area contributed by atoms with Crippen molar-refractivity contribution in [2.24, 2.45) is 0 Å². The van der Waals surface area contributed by atoms with E-state index in [4.69, 9.17) is 5.11 Å². The van der Waals surface area contributed by atoms with Gasteiger partial charge in [0, 0.05) is 44.3 Å². The highest BCUT2D eigenvalue weighted by atomic mass is 19.1. The molecule has 0 spiro atoms. The van der Waals surface area contributed by atoms with Crippen molar-refractivity contribution in [3.05, 3.63) is 66.0 Å². The van der Waals surface area contributed by atoms with Gasteiger partial charge in [-0.05, 0) is 42.7 Å². The molecule has 2 aromatic rings. The molecule has 0 aromatic heterocycles. The Balaban J connectivity index is 1.55. The van der Waals surface area contributed by atoms with Crippen LogP contribution in [-0.4, -0.2) is 54.2 Å². The lowest BCUT2D eigenvalue weighted by molar-refractivity contribution is -0.137. The van der Waals surface area contributed by atoms with Gasteiger partial charge in [-0.25, -0.2) is 9.18 Å². The molecule has 0 saturated carbocycles.